The van der Waals surface area contributed by atoms with Crippen molar-refractivity contribution in [2.75, 3.05) is 17.5 Å². The molecule has 2 aromatic carbocycles. The van der Waals surface area contributed by atoms with Gasteiger partial charge in [0.15, 0.2) is 0 Å². The van der Waals surface area contributed by atoms with Gasteiger partial charge >= 0.3 is 0 Å². The minimum Gasteiger partial charge on any atom is -0.350 e. The molecule has 26 heavy (non-hydrogen) atoms. The second-order valence-electron chi connectivity index (χ2n) is 6.56. The maximum absolute atomic E-state index is 12.4. The predicted octanol–water partition coefficient (Wildman–Crippen LogP) is 2.61. The molecule has 0 spiro atoms. The van der Waals surface area contributed by atoms with Crippen molar-refractivity contribution in [3.8, 4) is 0 Å². The summed E-state index contributed by atoms with van der Waals surface area (Å²) in [5, 5.41) is 2.76. The van der Waals surface area contributed by atoms with Crippen LogP contribution in [0.5, 0.6) is 0 Å². The van der Waals surface area contributed by atoms with Gasteiger partial charge in [-0.05, 0) is 29.2 Å². The summed E-state index contributed by atoms with van der Waals surface area (Å²) in [4.78, 5) is 12.4. The summed E-state index contributed by atoms with van der Waals surface area (Å²) in [6, 6.07) is 14.1. The molecule has 0 saturated heterocycles. The molecule has 0 bridgehead atoms. The van der Waals surface area contributed by atoms with E-state index in [9.17, 15) is 13.2 Å². The Morgan fingerprint density at radius 2 is 1.62 bits per heavy atom. The molecule has 4 N–H and O–H groups in total. The van der Waals surface area contributed by atoms with Crippen molar-refractivity contribution in [1.82, 2.24) is 5.32 Å². The fourth-order valence-electron chi connectivity index (χ4n) is 2.51. The minimum absolute atomic E-state index is 0.238. The fourth-order valence-corrected chi connectivity index (χ4v) is 3.09. The van der Waals surface area contributed by atoms with E-state index in [4.69, 9.17) is 5.73 Å². The van der Waals surface area contributed by atoms with Crippen molar-refractivity contribution in [3.05, 3.63) is 65.2 Å². The predicted molar refractivity (Wildman–Crippen MR) is 105 cm³/mol. The van der Waals surface area contributed by atoms with Crippen molar-refractivity contribution in [1.29, 1.82) is 0 Å². The highest BCUT2D eigenvalue weighted by Crippen LogP contribution is 2.18. The Balaban J connectivity index is 2.04. The van der Waals surface area contributed by atoms with Crippen molar-refractivity contribution in [2.24, 2.45) is 5.73 Å². The van der Waals surface area contributed by atoms with E-state index in [0.717, 1.165) is 11.8 Å². The van der Waals surface area contributed by atoms with Crippen LogP contribution in [0, 0.1) is 0 Å². The van der Waals surface area contributed by atoms with Crippen LogP contribution in [0.15, 0.2) is 48.5 Å². The topological polar surface area (TPSA) is 101 Å². The third-order valence-corrected chi connectivity index (χ3v) is 4.57. The first-order chi connectivity index (χ1) is 12.2. The van der Waals surface area contributed by atoms with Crippen LogP contribution in [-0.4, -0.2) is 27.1 Å². The quantitative estimate of drug-likeness (QED) is 0.692. The number of carbonyl (C=O) groups is 1. The molecule has 1 amide bonds. The first-order valence-electron chi connectivity index (χ1n) is 8.38. The largest absolute Gasteiger partial charge is 0.350 e. The molecule has 1 unspecified atom stereocenters. The molecule has 0 aliphatic heterocycles. The molecule has 2 rings (SSSR count). The van der Waals surface area contributed by atoms with Crippen LogP contribution in [0.1, 0.15) is 47.3 Å². The Morgan fingerprint density at radius 3 is 2.19 bits per heavy atom. The first kappa shape index (κ1) is 19.9. The van der Waals surface area contributed by atoms with Crippen molar-refractivity contribution >= 4 is 21.6 Å². The van der Waals surface area contributed by atoms with Gasteiger partial charge in [-0.15, -0.1) is 0 Å². The van der Waals surface area contributed by atoms with Gasteiger partial charge < -0.3 is 11.1 Å². The van der Waals surface area contributed by atoms with Crippen LogP contribution in [0.4, 0.5) is 5.69 Å². The molecular weight excluding hydrogens is 350 g/mol. The lowest BCUT2D eigenvalue weighted by molar-refractivity contribution is 0.0952. The Morgan fingerprint density at radius 1 is 1.04 bits per heavy atom. The molecular formula is C19H25N3O3S. The zero-order chi connectivity index (χ0) is 19.3. The second kappa shape index (κ2) is 8.33. The highest BCUT2D eigenvalue weighted by Gasteiger charge is 2.15. The smallest absolute Gasteiger partial charge is 0.253 e. The molecule has 6 nitrogen and oxygen atoms in total. The third-order valence-electron chi connectivity index (χ3n) is 3.98. The van der Waals surface area contributed by atoms with Gasteiger partial charge in [0.25, 0.3) is 5.91 Å². The number of rotatable bonds is 7. The number of amides is 1. The molecule has 0 saturated carbocycles. The molecule has 0 radical (unpaired) electrons. The van der Waals surface area contributed by atoms with Gasteiger partial charge in [-0.3, -0.25) is 9.52 Å². The normalized spacial score (nSPS) is 12.7. The fraction of sp³-hybridized carbons (Fsp3) is 0.316. The summed E-state index contributed by atoms with van der Waals surface area (Å²) < 4.78 is 25.2. The van der Waals surface area contributed by atoms with Crippen molar-refractivity contribution in [2.45, 2.75) is 25.8 Å². The molecule has 0 aromatic heterocycles. The number of carbonyl (C=O) groups excluding carboxylic acids is 1. The summed E-state index contributed by atoms with van der Waals surface area (Å²) in [5.41, 5.74) is 8.81. The number of hydrogen-bond donors (Lipinski definition) is 3. The standard InChI is InChI=1S/C19H25N3O3S/c1-13(2)14-8-10-15(11-9-14)17(20)12-21-19(23)16-6-4-5-7-18(16)22-26(3,24)25/h4-11,13,17,22H,12,20H2,1-3H3,(H,21,23). The van der Waals surface area contributed by atoms with E-state index in [2.05, 4.69) is 23.9 Å². The van der Waals surface area contributed by atoms with Crippen LogP contribution in [-0.2, 0) is 10.0 Å². The van der Waals surface area contributed by atoms with E-state index < -0.39 is 10.0 Å². The highest BCUT2D eigenvalue weighted by atomic mass is 32.2. The van der Waals surface area contributed by atoms with Gasteiger partial charge in [0.05, 0.1) is 17.5 Å². The highest BCUT2D eigenvalue weighted by molar-refractivity contribution is 7.92. The number of anilines is 1. The number of nitrogens with one attached hydrogen (secondary N) is 2. The monoisotopic (exact) mass is 375 g/mol. The average Bonchev–Trinajstić information content (AvgIpc) is 2.58. The number of para-hydroxylation sites is 1. The number of sulfonamides is 1. The van der Waals surface area contributed by atoms with Crippen molar-refractivity contribution < 1.29 is 13.2 Å². The van der Waals surface area contributed by atoms with Gasteiger partial charge in [-0.2, -0.15) is 0 Å². The maximum atomic E-state index is 12.4. The molecule has 2 aromatic rings. The Labute approximate surface area is 154 Å². The Hall–Kier alpha value is -2.38. The van der Waals surface area contributed by atoms with E-state index in [1.54, 1.807) is 24.3 Å². The lowest BCUT2D eigenvalue weighted by Gasteiger charge is -2.16. The van der Waals surface area contributed by atoms with Gasteiger partial charge in [0, 0.05) is 12.6 Å². The number of nitrogens with two attached hydrogens (primary N) is 1. The minimum atomic E-state index is -3.47. The summed E-state index contributed by atoms with van der Waals surface area (Å²) in [6.45, 7) is 4.49. The van der Waals surface area contributed by atoms with E-state index in [1.807, 2.05) is 24.3 Å². The summed E-state index contributed by atoms with van der Waals surface area (Å²) >= 11 is 0. The van der Waals surface area contributed by atoms with Gasteiger partial charge in [-0.1, -0.05) is 50.2 Å². The van der Waals surface area contributed by atoms with Crippen LogP contribution in [0.2, 0.25) is 0 Å². The Kier molecular flexibility index (Phi) is 6.39. The van der Waals surface area contributed by atoms with Crippen LogP contribution in [0.25, 0.3) is 0 Å². The molecule has 0 aliphatic rings. The molecule has 0 fully saturated rings. The lowest BCUT2D eigenvalue weighted by atomic mass is 9.99. The van der Waals surface area contributed by atoms with E-state index in [0.29, 0.717) is 5.92 Å². The maximum Gasteiger partial charge on any atom is 0.253 e. The van der Waals surface area contributed by atoms with E-state index >= 15 is 0 Å². The van der Waals surface area contributed by atoms with Crippen LogP contribution >= 0.6 is 0 Å². The summed E-state index contributed by atoms with van der Waals surface area (Å²) in [6.07, 6.45) is 1.04. The molecule has 140 valence electrons. The van der Waals surface area contributed by atoms with Crippen LogP contribution in [0.3, 0.4) is 0 Å². The van der Waals surface area contributed by atoms with E-state index in [1.165, 1.54) is 5.56 Å². The third kappa shape index (κ3) is 5.57. The molecule has 7 heteroatoms. The lowest BCUT2D eigenvalue weighted by Crippen LogP contribution is -2.32. The first-order valence-corrected chi connectivity index (χ1v) is 10.3. The van der Waals surface area contributed by atoms with E-state index in [-0.39, 0.29) is 29.7 Å². The van der Waals surface area contributed by atoms with Gasteiger partial charge in [0.1, 0.15) is 0 Å². The SMILES string of the molecule is CC(C)c1ccc(C(N)CNC(=O)c2ccccc2NS(C)(=O)=O)cc1. The number of hydrogen-bond acceptors (Lipinski definition) is 4. The Bertz CT molecular complexity index is 862. The van der Waals surface area contributed by atoms with Gasteiger partial charge in [0.2, 0.25) is 10.0 Å². The average molecular weight is 375 g/mol. The zero-order valence-electron chi connectivity index (χ0n) is 15.2. The number of benzene rings is 2. The molecule has 0 aliphatic carbocycles. The molecule has 0 heterocycles. The molecule has 1 atom stereocenters. The summed E-state index contributed by atoms with van der Waals surface area (Å²) in [7, 11) is -3.47. The van der Waals surface area contributed by atoms with Crippen molar-refractivity contribution in [3.63, 3.8) is 0 Å². The van der Waals surface area contributed by atoms with Crippen LogP contribution < -0.4 is 15.8 Å². The van der Waals surface area contributed by atoms with Gasteiger partial charge in [-0.25, -0.2) is 8.42 Å². The zero-order valence-corrected chi connectivity index (χ0v) is 16.0. The second-order valence-corrected chi connectivity index (χ2v) is 8.31. The summed E-state index contributed by atoms with van der Waals surface area (Å²) in [5.74, 6) is 0.0600.